The van der Waals surface area contributed by atoms with Crippen molar-refractivity contribution in [2.24, 2.45) is 0 Å². The molecule has 0 saturated heterocycles. The molecule has 0 aliphatic rings. The molecule has 0 amide bonds. The average Bonchev–Trinajstić information content (AvgIpc) is 3.00. The van der Waals surface area contributed by atoms with E-state index < -0.39 is 0 Å². The molecule has 0 bridgehead atoms. The summed E-state index contributed by atoms with van der Waals surface area (Å²) < 4.78 is 1.79. The van der Waals surface area contributed by atoms with Crippen LogP contribution >= 0.6 is 0 Å². The number of nitrogen functional groups attached to an aromatic ring is 2. The summed E-state index contributed by atoms with van der Waals surface area (Å²) in [4.78, 5) is 8.04. The van der Waals surface area contributed by atoms with Crippen LogP contribution in [-0.2, 0) is 6.54 Å². The van der Waals surface area contributed by atoms with E-state index in [-0.39, 0.29) is 17.3 Å². The van der Waals surface area contributed by atoms with Crippen molar-refractivity contribution in [1.29, 1.82) is 5.26 Å². The molecule has 0 aliphatic carbocycles. The summed E-state index contributed by atoms with van der Waals surface area (Å²) in [6.07, 6.45) is 3.58. The smallest absolute Gasteiger partial charge is 0.222 e. The number of aromatic nitrogens is 4. The quantitative estimate of drug-likeness (QED) is 0.753. The van der Waals surface area contributed by atoms with E-state index in [4.69, 9.17) is 11.5 Å². The van der Waals surface area contributed by atoms with Crippen LogP contribution in [0.5, 0.6) is 0 Å². The van der Waals surface area contributed by atoms with E-state index in [2.05, 4.69) is 15.1 Å². The van der Waals surface area contributed by atoms with Gasteiger partial charge in [-0.1, -0.05) is 24.3 Å². The van der Waals surface area contributed by atoms with Crippen molar-refractivity contribution in [2.75, 3.05) is 11.5 Å². The van der Waals surface area contributed by atoms with Crippen molar-refractivity contribution < 1.29 is 0 Å². The van der Waals surface area contributed by atoms with Crippen LogP contribution in [0.2, 0.25) is 0 Å². The highest BCUT2D eigenvalue weighted by molar-refractivity contribution is 5.75. The molecule has 0 atom stereocenters. The Morgan fingerprint density at radius 2 is 1.95 bits per heavy atom. The van der Waals surface area contributed by atoms with Gasteiger partial charge in [-0.25, -0.2) is 4.98 Å². The van der Waals surface area contributed by atoms with Crippen molar-refractivity contribution in [3.05, 3.63) is 53.9 Å². The summed E-state index contributed by atoms with van der Waals surface area (Å²) >= 11 is 0. The first kappa shape index (κ1) is 13.6. The molecule has 3 aromatic rings. The summed E-state index contributed by atoms with van der Waals surface area (Å²) in [5.41, 5.74) is 13.9. The Hall–Kier alpha value is -3.40. The Morgan fingerprint density at radius 3 is 2.68 bits per heavy atom. The van der Waals surface area contributed by atoms with E-state index in [0.29, 0.717) is 12.2 Å². The number of rotatable bonds is 3. The molecule has 7 heteroatoms. The Bertz CT molecular complexity index is 847. The highest BCUT2D eigenvalue weighted by atomic mass is 15.3. The zero-order chi connectivity index (χ0) is 15.5. The topological polar surface area (TPSA) is 119 Å². The molecule has 0 spiro atoms. The molecule has 0 saturated carbocycles. The molecule has 0 aliphatic heterocycles. The van der Waals surface area contributed by atoms with Crippen LogP contribution in [0.25, 0.3) is 11.3 Å². The van der Waals surface area contributed by atoms with Crippen molar-refractivity contribution >= 4 is 11.8 Å². The lowest BCUT2D eigenvalue weighted by molar-refractivity contribution is 0.687. The fraction of sp³-hybridized carbons (Fsp3) is 0.0667. The zero-order valence-electron chi connectivity index (χ0n) is 11.6. The van der Waals surface area contributed by atoms with Gasteiger partial charge in [-0.15, -0.1) is 0 Å². The third kappa shape index (κ3) is 2.45. The largest absolute Gasteiger partial charge is 0.382 e. The predicted octanol–water partition coefficient (Wildman–Crippen LogP) is 1.42. The molecule has 2 heterocycles. The van der Waals surface area contributed by atoms with Gasteiger partial charge >= 0.3 is 0 Å². The number of hydrogen-bond acceptors (Lipinski definition) is 6. The average molecular weight is 291 g/mol. The minimum atomic E-state index is 0.0420. The summed E-state index contributed by atoms with van der Waals surface area (Å²) in [6, 6.07) is 11.5. The monoisotopic (exact) mass is 291 g/mol. The van der Waals surface area contributed by atoms with E-state index in [1.54, 1.807) is 10.9 Å². The maximum Gasteiger partial charge on any atom is 0.222 e. The number of nitrogens with zero attached hydrogens (tertiary/aromatic N) is 5. The van der Waals surface area contributed by atoms with Gasteiger partial charge in [-0.05, 0) is 11.6 Å². The maximum atomic E-state index is 9.33. The van der Waals surface area contributed by atoms with Crippen molar-refractivity contribution in [2.45, 2.75) is 6.54 Å². The Balaban J connectivity index is 2.16. The Kier molecular flexibility index (Phi) is 3.42. The van der Waals surface area contributed by atoms with Gasteiger partial charge in [-0.2, -0.15) is 15.3 Å². The summed E-state index contributed by atoms with van der Waals surface area (Å²) in [6.45, 7) is 0.553. The first-order chi connectivity index (χ1) is 10.7. The number of nitriles is 1. The molecule has 108 valence electrons. The van der Waals surface area contributed by atoms with E-state index >= 15 is 0 Å². The van der Waals surface area contributed by atoms with Gasteiger partial charge in [0.1, 0.15) is 17.5 Å². The molecular weight excluding hydrogens is 278 g/mol. The molecule has 7 nitrogen and oxygen atoms in total. The van der Waals surface area contributed by atoms with E-state index in [0.717, 1.165) is 11.1 Å². The molecule has 1 aromatic carbocycles. The molecule has 3 rings (SSSR count). The molecular formula is C15H13N7. The SMILES string of the molecule is N#Cc1c(N)nc(N)nc1-c1ccccc1Cn1cccn1. The summed E-state index contributed by atoms with van der Waals surface area (Å²) in [5, 5.41) is 13.5. The van der Waals surface area contributed by atoms with Crippen LogP contribution < -0.4 is 11.5 Å². The normalized spacial score (nSPS) is 10.3. The molecule has 0 unspecified atom stereocenters. The van der Waals surface area contributed by atoms with Crippen LogP contribution in [0.1, 0.15) is 11.1 Å². The van der Waals surface area contributed by atoms with Crippen LogP contribution in [0.15, 0.2) is 42.7 Å². The minimum absolute atomic E-state index is 0.0420. The number of anilines is 2. The lowest BCUT2D eigenvalue weighted by atomic mass is 10.0. The van der Waals surface area contributed by atoms with Crippen LogP contribution in [0.4, 0.5) is 11.8 Å². The fourth-order valence-corrected chi connectivity index (χ4v) is 2.26. The van der Waals surface area contributed by atoms with E-state index in [9.17, 15) is 5.26 Å². The van der Waals surface area contributed by atoms with Crippen LogP contribution in [0, 0.1) is 11.3 Å². The first-order valence-corrected chi connectivity index (χ1v) is 6.58. The second kappa shape index (κ2) is 5.54. The minimum Gasteiger partial charge on any atom is -0.382 e. The van der Waals surface area contributed by atoms with Gasteiger partial charge < -0.3 is 11.5 Å². The second-order valence-electron chi connectivity index (χ2n) is 4.66. The summed E-state index contributed by atoms with van der Waals surface area (Å²) in [5.74, 6) is 0.124. The van der Waals surface area contributed by atoms with Crippen molar-refractivity contribution in [1.82, 2.24) is 19.7 Å². The number of nitrogens with two attached hydrogens (primary N) is 2. The predicted molar refractivity (Wildman–Crippen MR) is 82.3 cm³/mol. The van der Waals surface area contributed by atoms with E-state index in [1.807, 2.05) is 42.6 Å². The third-order valence-electron chi connectivity index (χ3n) is 3.23. The second-order valence-corrected chi connectivity index (χ2v) is 4.66. The lowest BCUT2D eigenvalue weighted by Gasteiger charge is -2.11. The Morgan fingerprint density at radius 1 is 1.14 bits per heavy atom. The first-order valence-electron chi connectivity index (χ1n) is 6.58. The molecule has 22 heavy (non-hydrogen) atoms. The van der Waals surface area contributed by atoms with Gasteiger partial charge in [0.25, 0.3) is 0 Å². The van der Waals surface area contributed by atoms with Gasteiger partial charge in [-0.3, -0.25) is 4.68 Å². The number of hydrogen-bond donors (Lipinski definition) is 2. The third-order valence-corrected chi connectivity index (χ3v) is 3.23. The van der Waals surface area contributed by atoms with E-state index in [1.165, 1.54) is 0 Å². The highest BCUT2D eigenvalue weighted by Crippen LogP contribution is 2.28. The molecule has 4 N–H and O–H groups in total. The Labute approximate surface area is 126 Å². The van der Waals surface area contributed by atoms with Crippen LogP contribution in [-0.4, -0.2) is 19.7 Å². The molecule has 2 aromatic heterocycles. The van der Waals surface area contributed by atoms with Crippen LogP contribution in [0.3, 0.4) is 0 Å². The maximum absolute atomic E-state index is 9.33. The summed E-state index contributed by atoms with van der Waals surface area (Å²) in [7, 11) is 0. The highest BCUT2D eigenvalue weighted by Gasteiger charge is 2.16. The van der Waals surface area contributed by atoms with Gasteiger partial charge in [0.2, 0.25) is 5.95 Å². The van der Waals surface area contributed by atoms with Crippen molar-refractivity contribution in [3.8, 4) is 17.3 Å². The van der Waals surface area contributed by atoms with Gasteiger partial charge in [0.05, 0.1) is 12.2 Å². The fourth-order valence-electron chi connectivity index (χ4n) is 2.26. The zero-order valence-corrected chi connectivity index (χ0v) is 11.6. The standard InChI is InChI=1S/C15H13N7/c16-8-12-13(20-15(18)21-14(12)17)11-5-2-1-4-10(11)9-22-7-3-6-19-22/h1-7H,9H2,(H4,17,18,20,21). The van der Waals surface area contributed by atoms with Crippen molar-refractivity contribution in [3.63, 3.8) is 0 Å². The van der Waals surface area contributed by atoms with Gasteiger partial charge in [0, 0.05) is 18.0 Å². The molecule has 0 radical (unpaired) electrons. The number of benzene rings is 1. The molecule has 0 fully saturated rings. The lowest BCUT2D eigenvalue weighted by Crippen LogP contribution is -2.07. The van der Waals surface area contributed by atoms with Gasteiger partial charge in [0.15, 0.2) is 0 Å².